The van der Waals surface area contributed by atoms with E-state index >= 15 is 0 Å². The van der Waals surface area contributed by atoms with Crippen molar-refractivity contribution in [2.45, 2.75) is 57.5 Å². The molecular formula is C22H29N3O5. The summed E-state index contributed by atoms with van der Waals surface area (Å²) in [6.45, 7) is 0.181. The molecule has 1 saturated heterocycles. The van der Waals surface area contributed by atoms with E-state index in [0.717, 1.165) is 32.1 Å². The summed E-state index contributed by atoms with van der Waals surface area (Å²) in [7, 11) is 0. The fraction of sp³-hybridized carbons (Fsp3) is 0.500. The third-order valence-electron chi connectivity index (χ3n) is 4.96. The molecule has 0 unspecified atom stereocenters. The van der Waals surface area contributed by atoms with Crippen molar-refractivity contribution in [2.24, 2.45) is 0 Å². The first-order valence-corrected chi connectivity index (χ1v) is 10.4. The molecule has 0 bridgehead atoms. The predicted molar refractivity (Wildman–Crippen MR) is 112 cm³/mol. The number of nitrogens with zero attached hydrogens (tertiary/aromatic N) is 2. The number of carbonyl (C=O) groups is 1. The second kappa shape index (κ2) is 11.5. The lowest BCUT2D eigenvalue weighted by Crippen LogP contribution is -2.29. The Morgan fingerprint density at radius 1 is 1.13 bits per heavy atom. The van der Waals surface area contributed by atoms with Gasteiger partial charge >= 0.3 is 11.7 Å². The standard InChI is InChI=1S/C22H29N3O5/c23-18-13-14-25(22(27)24-18)19-15-29-21(30-19)16-28-20(26)12-8-3-1-2-5-9-17-10-6-4-7-11-17/h4,6-7,10-11,13-14,19,21H,1-3,5,8-9,12,15-16H2,(H2,23,24,27)/t19-,21-/m0/s1. The molecule has 2 N–H and O–H groups in total. The summed E-state index contributed by atoms with van der Waals surface area (Å²) < 4.78 is 17.6. The van der Waals surface area contributed by atoms with E-state index in [1.807, 2.05) is 6.07 Å². The molecule has 8 nitrogen and oxygen atoms in total. The molecule has 0 amide bonds. The van der Waals surface area contributed by atoms with Crippen molar-refractivity contribution in [3.8, 4) is 0 Å². The number of nitrogen functional groups attached to an aromatic ring is 1. The predicted octanol–water partition coefficient (Wildman–Crippen LogP) is 2.82. The third-order valence-corrected chi connectivity index (χ3v) is 4.96. The maximum absolute atomic E-state index is 11.9. The van der Waals surface area contributed by atoms with Gasteiger partial charge in [-0.15, -0.1) is 0 Å². The summed E-state index contributed by atoms with van der Waals surface area (Å²) >= 11 is 0. The average molecular weight is 415 g/mol. The number of aromatic nitrogens is 2. The lowest BCUT2D eigenvalue weighted by atomic mass is 10.1. The summed E-state index contributed by atoms with van der Waals surface area (Å²) in [5, 5.41) is 0. The van der Waals surface area contributed by atoms with Gasteiger partial charge in [-0.25, -0.2) is 4.79 Å². The molecule has 0 spiro atoms. The number of ether oxygens (including phenoxy) is 3. The summed E-state index contributed by atoms with van der Waals surface area (Å²) in [4.78, 5) is 27.4. The molecule has 1 fully saturated rings. The van der Waals surface area contributed by atoms with Crippen molar-refractivity contribution >= 4 is 11.8 Å². The molecule has 0 saturated carbocycles. The zero-order valence-corrected chi connectivity index (χ0v) is 17.1. The number of rotatable bonds is 11. The number of carbonyl (C=O) groups excluding carboxylic acids is 1. The lowest BCUT2D eigenvalue weighted by molar-refractivity contribution is -0.159. The number of nitrogens with two attached hydrogens (primary N) is 1. The maximum Gasteiger partial charge on any atom is 0.351 e. The Morgan fingerprint density at radius 3 is 2.70 bits per heavy atom. The largest absolute Gasteiger partial charge is 0.460 e. The normalized spacial score (nSPS) is 18.4. The number of anilines is 1. The molecule has 8 heteroatoms. The fourth-order valence-corrected chi connectivity index (χ4v) is 3.33. The molecular weight excluding hydrogens is 386 g/mol. The Morgan fingerprint density at radius 2 is 1.90 bits per heavy atom. The number of hydrogen-bond acceptors (Lipinski definition) is 7. The molecule has 1 aromatic heterocycles. The molecule has 2 atom stereocenters. The summed E-state index contributed by atoms with van der Waals surface area (Å²) in [6.07, 6.45) is 6.95. The number of esters is 1. The highest BCUT2D eigenvalue weighted by Crippen LogP contribution is 2.20. The molecule has 1 aliphatic heterocycles. The van der Waals surface area contributed by atoms with Crippen LogP contribution >= 0.6 is 0 Å². The Balaban J connectivity index is 1.23. The van der Waals surface area contributed by atoms with E-state index in [1.165, 1.54) is 28.8 Å². The maximum atomic E-state index is 11.9. The van der Waals surface area contributed by atoms with E-state index in [9.17, 15) is 9.59 Å². The highest BCUT2D eigenvalue weighted by atomic mass is 16.7. The first kappa shape index (κ1) is 22.0. The van der Waals surface area contributed by atoms with Crippen LogP contribution in [0.25, 0.3) is 0 Å². The molecule has 30 heavy (non-hydrogen) atoms. The van der Waals surface area contributed by atoms with E-state index in [2.05, 4.69) is 29.2 Å². The molecule has 1 aromatic carbocycles. The first-order valence-electron chi connectivity index (χ1n) is 10.4. The van der Waals surface area contributed by atoms with Gasteiger partial charge in [0.15, 0.2) is 12.5 Å². The minimum Gasteiger partial charge on any atom is -0.460 e. The SMILES string of the molecule is Nc1ccn([C@@H]2CO[C@H](COC(=O)CCCCCCCc3ccccc3)O2)c(=O)n1. The monoisotopic (exact) mass is 415 g/mol. The summed E-state index contributed by atoms with van der Waals surface area (Å²) in [5.41, 5.74) is 6.34. The zero-order chi connectivity index (χ0) is 21.2. The number of benzene rings is 1. The Hall–Kier alpha value is -2.71. The smallest absolute Gasteiger partial charge is 0.351 e. The molecule has 162 valence electrons. The van der Waals surface area contributed by atoms with Crippen molar-refractivity contribution in [2.75, 3.05) is 18.9 Å². The highest BCUT2D eigenvalue weighted by Gasteiger charge is 2.29. The van der Waals surface area contributed by atoms with Crippen molar-refractivity contribution in [3.63, 3.8) is 0 Å². The minimum absolute atomic E-state index is 0.00353. The number of hydrogen-bond donors (Lipinski definition) is 1. The van der Waals surface area contributed by atoms with Gasteiger partial charge in [0.05, 0.1) is 6.61 Å². The van der Waals surface area contributed by atoms with Gasteiger partial charge < -0.3 is 19.9 Å². The second-order valence-electron chi connectivity index (χ2n) is 7.33. The van der Waals surface area contributed by atoms with Crippen LogP contribution in [0.1, 0.15) is 50.3 Å². The van der Waals surface area contributed by atoms with Crippen LogP contribution in [0.2, 0.25) is 0 Å². The summed E-state index contributed by atoms with van der Waals surface area (Å²) in [6, 6.07) is 12.0. The van der Waals surface area contributed by atoms with Crippen molar-refractivity contribution < 1.29 is 19.0 Å². The van der Waals surface area contributed by atoms with Gasteiger partial charge in [-0.3, -0.25) is 9.36 Å². The molecule has 0 radical (unpaired) electrons. The van der Waals surface area contributed by atoms with Gasteiger partial charge in [0, 0.05) is 12.6 Å². The molecule has 0 aliphatic carbocycles. The first-order chi connectivity index (χ1) is 14.6. The third kappa shape index (κ3) is 6.96. The van der Waals surface area contributed by atoms with Gasteiger partial charge in [-0.05, 0) is 30.9 Å². The van der Waals surface area contributed by atoms with Gasteiger partial charge in [-0.1, -0.05) is 49.6 Å². The van der Waals surface area contributed by atoms with E-state index in [1.54, 1.807) is 0 Å². The minimum atomic E-state index is -0.693. The Kier molecular flexibility index (Phi) is 8.41. The second-order valence-corrected chi connectivity index (χ2v) is 7.33. The highest BCUT2D eigenvalue weighted by molar-refractivity contribution is 5.69. The summed E-state index contributed by atoms with van der Waals surface area (Å²) in [5.74, 6) is -0.113. The average Bonchev–Trinajstić information content (AvgIpc) is 3.21. The number of unbranched alkanes of at least 4 members (excludes halogenated alkanes) is 4. The van der Waals surface area contributed by atoms with E-state index in [0.29, 0.717) is 6.42 Å². The van der Waals surface area contributed by atoms with Gasteiger partial charge in [0.2, 0.25) is 0 Å². The van der Waals surface area contributed by atoms with E-state index in [-0.39, 0.29) is 25.0 Å². The molecule has 2 aromatic rings. The zero-order valence-electron chi connectivity index (χ0n) is 17.1. The molecule has 3 rings (SSSR count). The van der Waals surface area contributed by atoms with E-state index in [4.69, 9.17) is 19.9 Å². The van der Waals surface area contributed by atoms with Crippen molar-refractivity contribution in [1.29, 1.82) is 0 Å². The van der Waals surface area contributed by atoms with Gasteiger partial charge in [-0.2, -0.15) is 4.98 Å². The fourth-order valence-electron chi connectivity index (χ4n) is 3.33. The van der Waals surface area contributed by atoms with Crippen LogP contribution in [-0.2, 0) is 25.4 Å². The van der Waals surface area contributed by atoms with Crippen LogP contribution in [0.5, 0.6) is 0 Å². The van der Waals surface area contributed by atoms with Crippen LogP contribution in [0, 0.1) is 0 Å². The molecule has 1 aliphatic rings. The lowest BCUT2D eigenvalue weighted by Gasteiger charge is -2.13. The van der Waals surface area contributed by atoms with Gasteiger partial charge in [0.1, 0.15) is 12.4 Å². The van der Waals surface area contributed by atoms with Crippen molar-refractivity contribution in [1.82, 2.24) is 9.55 Å². The van der Waals surface area contributed by atoms with Crippen LogP contribution in [0.4, 0.5) is 5.82 Å². The van der Waals surface area contributed by atoms with Crippen LogP contribution in [0.15, 0.2) is 47.4 Å². The van der Waals surface area contributed by atoms with Crippen molar-refractivity contribution in [3.05, 3.63) is 58.6 Å². The quantitative estimate of drug-likeness (QED) is 0.444. The Bertz CT molecular complexity index is 855. The van der Waals surface area contributed by atoms with Crippen LogP contribution in [-0.4, -0.2) is 35.0 Å². The Labute approximate surface area is 176 Å². The molecule has 2 heterocycles. The number of aryl methyl sites for hydroxylation is 1. The van der Waals surface area contributed by atoms with Crippen LogP contribution in [0.3, 0.4) is 0 Å². The topological polar surface area (TPSA) is 106 Å². The van der Waals surface area contributed by atoms with E-state index < -0.39 is 18.2 Å². The van der Waals surface area contributed by atoms with Crippen LogP contribution < -0.4 is 11.4 Å². The van der Waals surface area contributed by atoms with Gasteiger partial charge in [0.25, 0.3) is 0 Å².